The Labute approximate surface area is 145 Å². The predicted octanol–water partition coefficient (Wildman–Crippen LogP) is 6.26. The zero-order valence-corrected chi connectivity index (χ0v) is 17.5. The average Bonchev–Trinajstić information content (AvgIpc) is 2.32. The standard InChI is InChI=1S/C13H23O3PS4/c1-9(2)11(20-12(14)19-10(3)4)21-17(18)15-7-13(5,6)8-16-17/h10H,7-8H2,1-6H3. The Bertz CT molecular complexity index is 456. The quantitative estimate of drug-likeness (QED) is 0.527. The summed E-state index contributed by atoms with van der Waals surface area (Å²) in [6, 6.07) is 0. The van der Waals surface area contributed by atoms with Crippen LogP contribution in [-0.2, 0) is 20.9 Å². The molecule has 1 heterocycles. The van der Waals surface area contributed by atoms with E-state index in [4.69, 9.17) is 20.9 Å². The molecule has 122 valence electrons. The third-order valence-corrected chi connectivity index (χ3v) is 10.0. The molecular weight excluding hydrogens is 363 g/mol. The normalized spacial score (nSPS) is 20.3. The van der Waals surface area contributed by atoms with E-state index in [1.165, 1.54) is 34.9 Å². The van der Waals surface area contributed by atoms with Gasteiger partial charge in [0.2, 0.25) is 0 Å². The van der Waals surface area contributed by atoms with Gasteiger partial charge in [0, 0.05) is 10.7 Å². The molecule has 0 bridgehead atoms. The molecule has 1 fully saturated rings. The molecule has 0 amide bonds. The third-order valence-electron chi connectivity index (χ3n) is 2.34. The van der Waals surface area contributed by atoms with E-state index in [2.05, 4.69) is 13.8 Å². The van der Waals surface area contributed by atoms with Crippen molar-refractivity contribution in [3.05, 3.63) is 9.81 Å². The maximum absolute atomic E-state index is 12.0. The largest absolute Gasteiger partial charge is 0.321 e. The molecule has 1 aliphatic heterocycles. The number of hydrogen-bond donors (Lipinski definition) is 0. The minimum Gasteiger partial charge on any atom is -0.321 e. The van der Waals surface area contributed by atoms with E-state index in [1.807, 2.05) is 27.7 Å². The molecule has 21 heavy (non-hydrogen) atoms. The first-order chi connectivity index (χ1) is 9.53. The second-order valence-electron chi connectivity index (χ2n) is 6.06. The zero-order valence-electron chi connectivity index (χ0n) is 13.3. The molecule has 1 saturated heterocycles. The Balaban J connectivity index is 2.70. The van der Waals surface area contributed by atoms with Crippen LogP contribution in [0.5, 0.6) is 0 Å². The van der Waals surface area contributed by atoms with Crippen LogP contribution < -0.4 is 0 Å². The van der Waals surface area contributed by atoms with Crippen LogP contribution in [-0.4, -0.2) is 22.9 Å². The second-order valence-corrected chi connectivity index (χ2v) is 15.2. The lowest BCUT2D eigenvalue weighted by Gasteiger charge is -2.36. The summed E-state index contributed by atoms with van der Waals surface area (Å²) in [5, 5.41) is 0.281. The Morgan fingerprint density at radius 1 is 1.24 bits per heavy atom. The molecule has 0 radical (unpaired) electrons. The van der Waals surface area contributed by atoms with Gasteiger partial charge in [-0.2, -0.15) is 0 Å². The lowest BCUT2D eigenvalue weighted by molar-refractivity contribution is 0.0672. The first kappa shape index (κ1) is 20.1. The van der Waals surface area contributed by atoms with Gasteiger partial charge in [-0.05, 0) is 48.8 Å². The lowest BCUT2D eigenvalue weighted by Crippen LogP contribution is -2.28. The Morgan fingerprint density at radius 3 is 2.19 bits per heavy atom. The van der Waals surface area contributed by atoms with Gasteiger partial charge in [-0.1, -0.05) is 45.0 Å². The van der Waals surface area contributed by atoms with Crippen LogP contribution in [0.1, 0.15) is 41.5 Å². The van der Waals surface area contributed by atoms with Crippen LogP contribution in [0.4, 0.5) is 4.79 Å². The number of carbonyl (C=O) groups excluding carboxylic acids is 1. The fourth-order valence-electron chi connectivity index (χ4n) is 1.24. The minimum absolute atomic E-state index is 0.00443. The number of carbonyl (C=O) groups is 1. The summed E-state index contributed by atoms with van der Waals surface area (Å²) in [6.45, 7) is 13.4. The number of rotatable bonds is 4. The van der Waals surface area contributed by atoms with Crippen molar-refractivity contribution in [2.45, 2.75) is 46.8 Å². The van der Waals surface area contributed by atoms with Gasteiger partial charge in [-0.3, -0.25) is 4.79 Å². The topological polar surface area (TPSA) is 35.5 Å². The summed E-state index contributed by atoms with van der Waals surface area (Å²) in [5.74, 6) is 0. The predicted molar refractivity (Wildman–Crippen MR) is 102 cm³/mol. The van der Waals surface area contributed by atoms with E-state index < -0.39 is 5.69 Å². The highest BCUT2D eigenvalue weighted by atomic mass is 32.9. The van der Waals surface area contributed by atoms with Crippen molar-refractivity contribution in [3.63, 3.8) is 0 Å². The maximum Gasteiger partial charge on any atom is 0.252 e. The lowest BCUT2D eigenvalue weighted by atomic mass is 9.97. The van der Waals surface area contributed by atoms with Crippen molar-refractivity contribution in [1.82, 2.24) is 0 Å². The summed E-state index contributed by atoms with van der Waals surface area (Å²) in [7, 11) is 0. The van der Waals surface area contributed by atoms with Gasteiger partial charge >= 0.3 is 0 Å². The molecule has 0 atom stereocenters. The van der Waals surface area contributed by atoms with E-state index in [9.17, 15) is 4.79 Å². The van der Waals surface area contributed by atoms with Crippen LogP contribution in [0.15, 0.2) is 9.81 Å². The SMILES string of the molecule is CC(C)=C(SC(=O)SC(C)C)SP1(=S)OCC(C)(C)CO1. The van der Waals surface area contributed by atoms with Gasteiger partial charge in [-0.25, -0.2) is 0 Å². The smallest absolute Gasteiger partial charge is 0.252 e. The van der Waals surface area contributed by atoms with Gasteiger partial charge in [0.15, 0.2) is 0 Å². The molecule has 0 saturated carbocycles. The maximum atomic E-state index is 12.0. The van der Waals surface area contributed by atoms with Crippen LogP contribution in [0, 0.1) is 5.41 Å². The molecule has 8 heteroatoms. The molecule has 0 aliphatic carbocycles. The van der Waals surface area contributed by atoms with Gasteiger partial charge in [-0.15, -0.1) is 0 Å². The van der Waals surface area contributed by atoms with Crippen molar-refractivity contribution in [1.29, 1.82) is 0 Å². The van der Waals surface area contributed by atoms with Crippen LogP contribution in [0.2, 0.25) is 0 Å². The van der Waals surface area contributed by atoms with Gasteiger partial charge in [0.1, 0.15) is 0 Å². The van der Waals surface area contributed by atoms with Crippen LogP contribution in [0.25, 0.3) is 0 Å². The van der Waals surface area contributed by atoms with E-state index in [-0.39, 0.29) is 15.1 Å². The van der Waals surface area contributed by atoms with Crippen molar-refractivity contribution in [2.75, 3.05) is 13.2 Å². The summed E-state index contributed by atoms with van der Waals surface area (Å²) >= 11 is 9.55. The molecule has 0 unspecified atom stereocenters. The Hall–Kier alpha value is 1.03. The van der Waals surface area contributed by atoms with Gasteiger partial charge < -0.3 is 9.05 Å². The Morgan fingerprint density at radius 2 is 1.76 bits per heavy atom. The highest BCUT2D eigenvalue weighted by Gasteiger charge is 2.35. The third kappa shape index (κ3) is 7.42. The number of hydrogen-bond acceptors (Lipinski definition) is 7. The van der Waals surface area contributed by atoms with E-state index in [1.54, 1.807) is 0 Å². The van der Waals surface area contributed by atoms with E-state index in [0.29, 0.717) is 13.2 Å². The average molecular weight is 387 g/mol. The highest BCUT2D eigenvalue weighted by molar-refractivity contribution is 8.72. The Kier molecular flexibility index (Phi) is 7.86. The fourth-order valence-corrected chi connectivity index (χ4v) is 9.54. The van der Waals surface area contributed by atoms with Crippen LogP contribution >= 0.6 is 40.6 Å². The molecule has 3 nitrogen and oxygen atoms in total. The molecule has 1 rings (SSSR count). The molecule has 0 aromatic rings. The number of allylic oxidation sites excluding steroid dienone is 1. The van der Waals surface area contributed by atoms with Gasteiger partial charge in [0.25, 0.3) is 10.1 Å². The van der Waals surface area contributed by atoms with Crippen molar-refractivity contribution in [2.24, 2.45) is 5.41 Å². The highest BCUT2D eigenvalue weighted by Crippen LogP contribution is 2.68. The molecule has 0 aromatic carbocycles. The van der Waals surface area contributed by atoms with Crippen LogP contribution in [0.3, 0.4) is 0 Å². The van der Waals surface area contributed by atoms with Crippen molar-refractivity contribution >= 4 is 56.9 Å². The summed E-state index contributed by atoms with van der Waals surface area (Å²) in [6.07, 6.45) is 0. The van der Waals surface area contributed by atoms with Crippen molar-refractivity contribution in [3.8, 4) is 0 Å². The van der Waals surface area contributed by atoms with Crippen molar-refractivity contribution < 1.29 is 13.8 Å². The molecular formula is C13H23O3PS4. The zero-order chi connectivity index (χ0) is 16.3. The fraction of sp³-hybridized carbons (Fsp3) is 0.769. The summed E-state index contributed by atoms with van der Waals surface area (Å²) in [5.41, 5.74) is -1.31. The molecule has 0 spiro atoms. The molecule has 1 aliphatic rings. The second kappa shape index (κ2) is 8.22. The minimum atomic E-state index is -2.38. The number of thioether (sulfide) groups is 2. The molecule has 0 aromatic heterocycles. The van der Waals surface area contributed by atoms with E-state index >= 15 is 0 Å². The van der Waals surface area contributed by atoms with Gasteiger partial charge in [0.05, 0.1) is 17.5 Å². The van der Waals surface area contributed by atoms with E-state index in [0.717, 1.165) is 9.81 Å². The first-order valence-electron chi connectivity index (χ1n) is 6.68. The summed E-state index contributed by atoms with van der Waals surface area (Å²) < 4.78 is 12.7. The summed E-state index contributed by atoms with van der Waals surface area (Å²) in [4.78, 5) is 12.0. The monoisotopic (exact) mass is 386 g/mol. The first-order valence-corrected chi connectivity index (χ1v) is 12.4. The molecule has 0 N–H and O–H groups in total.